The highest BCUT2D eigenvalue weighted by atomic mass is 16.6. The monoisotopic (exact) mass is 510 g/mol. The molecule has 4 fully saturated rings. The Balaban J connectivity index is 1.60. The number of aliphatic hydroxyl groups is 1. The largest absolute Gasteiger partial charge is 0.466 e. The van der Waals surface area contributed by atoms with Crippen LogP contribution in [-0.2, 0) is 23.9 Å². The van der Waals surface area contributed by atoms with Gasteiger partial charge in [-0.2, -0.15) is 0 Å². The van der Waals surface area contributed by atoms with E-state index in [0.717, 1.165) is 37.7 Å². The smallest absolute Gasteiger partial charge is 0.312 e. The molecular formula is C29H38N2O6. The highest BCUT2D eigenvalue weighted by Crippen LogP contribution is 2.60. The molecule has 1 spiro atoms. The molecular weight excluding hydrogens is 472 g/mol. The van der Waals surface area contributed by atoms with Crippen molar-refractivity contribution < 1.29 is 29.0 Å². The summed E-state index contributed by atoms with van der Waals surface area (Å²) in [6.45, 7) is 5.88. The van der Waals surface area contributed by atoms with E-state index in [1.165, 1.54) is 4.90 Å². The summed E-state index contributed by atoms with van der Waals surface area (Å²) in [5, 5.41) is 10.6. The number of nitrogens with zero attached hydrogens (tertiary/aromatic N) is 2. The van der Waals surface area contributed by atoms with Crippen LogP contribution in [0.4, 0.5) is 0 Å². The Bertz CT molecular complexity index is 1020. The summed E-state index contributed by atoms with van der Waals surface area (Å²) in [5.41, 5.74) is -0.380. The normalized spacial score (nSPS) is 31.7. The highest BCUT2D eigenvalue weighted by molar-refractivity contribution is 5.98. The number of aliphatic hydroxyl groups excluding tert-OH is 1. The van der Waals surface area contributed by atoms with E-state index in [2.05, 4.69) is 6.58 Å². The molecule has 1 aromatic carbocycles. The van der Waals surface area contributed by atoms with Gasteiger partial charge in [0.25, 0.3) is 0 Å². The molecule has 2 bridgehead atoms. The standard InChI is InChI=1S/C29H38N2O6/c1-3-17-30(20-13-9-6-10-14-20)27(34)25-29-16-15-22(37-29)23(28(35)36-4-2)24(29)26(33)31(25)21(18-32)19-11-7-5-8-12-19/h3,5,7-8,11-12,20-25,32H,1,4,6,9-10,13-18H2,2H3/t21-,22-,23+,24+,25-,29+/m1/s1. The Labute approximate surface area is 218 Å². The summed E-state index contributed by atoms with van der Waals surface area (Å²) in [4.78, 5) is 45.3. The van der Waals surface area contributed by atoms with Crippen molar-refractivity contribution >= 4 is 17.8 Å². The molecule has 6 atom stereocenters. The van der Waals surface area contributed by atoms with Gasteiger partial charge < -0.3 is 24.4 Å². The molecule has 2 amide bonds. The van der Waals surface area contributed by atoms with Crippen molar-refractivity contribution in [1.82, 2.24) is 9.80 Å². The summed E-state index contributed by atoms with van der Waals surface area (Å²) < 4.78 is 11.9. The van der Waals surface area contributed by atoms with Gasteiger partial charge in [0.15, 0.2) is 0 Å². The van der Waals surface area contributed by atoms with E-state index < -0.39 is 41.6 Å². The van der Waals surface area contributed by atoms with Crippen molar-refractivity contribution in [1.29, 1.82) is 0 Å². The first-order valence-electron chi connectivity index (χ1n) is 13.7. The molecule has 1 aromatic rings. The van der Waals surface area contributed by atoms with Gasteiger partial charge in [0.1, 0.15) is 11.6 Å². The maximum Gasteiger partial charge on any atom is 0.312 e. The van der Waals surface area contributed by atoms with E-state index in [0.29, 0.717) is 19.4 Å². The van der Waals surface area contributed by atoms with Crippen molar-refractivity contribution in [3.8, 4) is 0 Å². The molecule has 1 saturated carbocycles. The van der Waals surface area contributed by atoms with Crippen molar-refractivity contribution in [2.75, 3.05) is 19.8 Å². The van der Waals surface area contributed by atoms with Gasteiger partial charge in [-0.1, -0.05) is 55.7 Å². The first-order chi connectivity index (χ1) is 18.0. The molecule has 8 heteroatoms. The number of benzene rings is 1. The number of hydrogen-bond acceptors (Lipinski definition) is 6. The third-order valence-electron chi connectivity index (χ3n) is 8.85. The fraction of sp³-hybridized carbons (Fsp3) is 0.621. The summed E-state index contributed by atoms with van der Waals surface area (Å²) in [5.74, 6) is -2.50. The van der Waals surface area contributed by atoms with Crippen LogP contribution in [0.25, 0.3) is 0 Å². The first kappa shape index (κ1) is 25.9. The molecule has 3 saturated heterocycles. The number of hydrogen-bond donors (Lipinski definition) is 1. The molecule has 0 radical (unpaired) electrons. The van der Waals surface area contributed by atoms with Crippen molar-refractivity contribution in [2.45, 2.75) is 81.7 Å². The Morgan fingerprint density at radius 2 is 1.97 bits per heavy atom. The number of esters is 1. The molecule has 0 aromatic heterocycles. The van der Waals surface area contributed by atoms with E-state index in [1.54, 1.807) is 13.0 Å². The van der Waals surface area contributed by atoms with E-state index in [1.807, 2.05) is 35.2 Å². The van der Waals surface area contributed by atoms with Gasteiger partial charge in [0.05, 0.1) is 37.2 Å². The van der Waals surface area contributed by atoms with Crippen LogP contribution in [0.1, 0.15) is 63.5 Å². The van der Waals surface area contributed by atoms with E-state index in [-0.39, 0.29) is 31.1 Å². The highest BCUT2D eigenvalue weighted by Gasteiger charge is 2.75. The Hall–Kier alpha value is -2.71. The lowest BCUT2D eigenvalue weighted by molar-refractivity contribution is -0.157. The van der Waals surface area contributed by atoms with Crippen molar-refractivity contribution in [3.05, 3.63) is 48.6 Å². The molecule has 0 unspecified atom stereocenters. The summed E-state index contributed by atoms with van der Waals surface area (Å²) in [6, 6.07) is 7.68. The van der Waals surface area contributed by atoms with Crippen molar-refractivity contribution in [2.24, 2.45) is 11.8 Å². The molecule has 200 valence electrons. The van der Waals surface area contributed by atoms with Crippen LogP contribution in [-0.4, -0.2) is 76.2 Å². The van der Waals surface area contributed by atoms with Gasteiger partial charge >= 0.3 is 5.97 Å². The maximum absolute atomic E-state index is 14.6. The zero-order chi connectivity index (χ0) is 26.2. The van der Waals surface area contributed by atoms with Gasteiger partial charge in [-0.3, -0.25) is 14.4 Å². The number of likely N-dealkylation sites (tertiary alicyclic amines) is 1. The maximum atomic E-state index is 14.6. The van der Waals surface area contributed by atoms with Crippen LogP contribution in [0.5, 0.6) is 0 Å². The second-order valence-corrected chi connectivity index (χ2v) is 10.7. The Kier molecular flexibility index (Phi) is 7.41. The van der Waals surface area contributed by atoms with Crippen LogP contribution in [0.15, 0.2) is 43.0 Å². The predicted octanol–water partition coefficient (Wildman–Crippen LogP) is 3.01. The molecule has 3 heterocycles. The van der Waals surface area contributed by atoms with Gasteiger partial charge in [-0.15, -0.1) is 6.58 Å². The predicted molar refractivity (Wildman–Crippen MR) is 136 cm³/mol. The van der Waals surface area contributed by atoms with Crippen LogP contribution in [0, 0.1) is 11.8 Å². The second kappa shape index (κ2) is 10.6. The molecule has 1 aliphatic carbocycles. The fourth-order valence-corrected chi connectivity index (χ4v) is 7.35. The molecule has 5 rings (SSSR count). The molecule has 8 nitrogen and oxygen atoms in total. The summed E-state index contributed by atoms with van der Waals surface area (Å²) in [6.07, 6.45) is 7.47. The fourth-order valence-electron chi connectivity index (χ4n) is 7.35. The number of carbonyl (C=O) groups excluding carboxylic acids is 3. The Morgan fingerprint density at radius 1 is 1.24 bits per heavy atom. The number of rotatable bonds is 9. The summed E-state index contributed by atoms with van der Waals surface area (Å²) >= 11 is 0. The number of carbonyl (C=O) groups is 3. The topological polar surface area (TPSA) is 96.4 Å². The van der Waals surface area contributed by atoms with Crippen LogP contribution >= 0.6 is 0 Å². The lowest BCUT2D eigenvalue weighted by Gasteiger charge is -2.42. The summed E-state index contributed by atoms with van der Waals surface area (Å²) in [7, 11) is 0. The van der Waals surface area contributed by atoms with E-state index >= 15 is 0 Å². The average molecular weight is 511 g/mol. The lowest BCUT2D eigenvalue weighted by Crippen LogP contribution is -2.59. The third-order valence-corrected chi connectivity index (χ3v) is 8.85. The second-order valence-electron chi connectivity index (χ2n) is 10.7. The average Bonchev–Trinajstić information content (AvgIpc) is 3.56. The van der Waals surface area contributed by atoms with Crippen molar-refractivity contribution in [3.63, 3.8) is 0 Å². The van der Waals surface area contributed by atoms with Crippen LogP contribution in [0.3, 0.4) is 0 Å². The first-order valence-corrected chi connectivity index (χ1v) is 13.7. The van der Waals surface area contributed by atoms with Gasteiger partial charge in [0.2, 0.25) is 11.8 Å². The van der Waals surface area contributed by atoms with Gasteiger partial charge in [-0.25, -0.2) is 0 Å². The molecule has 3 aliphatic heterocycles. The quantitative estimate of drug-likeness (QED) is 0.405. The molecule has 37 heavy (non-hydrogen) atoms. The minimum atomic E-state index is -1.12. The van der Waals surface area contributed by atoms with E-state index in [4.69, 9.17) is 9.47 Å². The van der Waals surface area contributed by atoms with Crippen LogP contribution < -0.4 is 0 Å². The number of amides is 2. The third kappa shape index (κ3) is 4.18. The Morgan fingerprint density at radius 3 is 2.62 bits per heavy atom. The van der Waals surface area contributed by atoms with Gasteiger partial charge in [-0.05, 0) is 38.2 Å². The minimum absolute atomic E-state index is 0.0652. The molecule has 4 aliphatic rings. The molecule has 1 N–H and O–H groups in total. The zero-order valence-corrected chi connectivity index (χ0v) is 21.6. The zero-order valence-electron chi connectivity index (χ0n) is 21.6. The van der Waals surface area contributed by atoms with Gasteiger partial charge in [0, 0.05) is 12.6 Å². The van der Waals surface area contributed by atoms with E-state index in [9.17, 15) is 19.5 Å². The lowest BCUT2D eigenvalue weighted by atomic mass is 9.70. The SMILES string of the molecule is C=CCN(C(=O)[C@H]1N([C@H](CO)c2ccccc2)C(=O)[C@@H]2[C@@H](C(=O)OCC)[C@H]3CC[C@]21O3)C1CCCCC1. The number of fused-ring (bicyclic) bond motifs is 1. The minimum Gasteiger partial charge on any atom is -0.466 e. The van der Waals surface area contributed by atoms with Crippen LogP contribution in [0.2, 0.25) is 0 Å². The number of ether oxygens (including phenoxy) is 2.